The van der Waals surface area contributed by atoms with Crippen LogP contribution in [0.3, 0.4) is 0 Å². The standard InChI is InChI=1S/C16H24FNO/c1-2-8-18-15(10-13-7-9-19-12-13)11-14-5-3-4-6-16(14)17/h3-6,13,15,18H,2,7-12H2,1H3. The van der Waals surface area contributed by atoms with Gasteiger partial charge in [0.2, 0.25) is 0 Å². The van der Waals surface area contributed by atoms with Crippen molar-refractivity contribution in [3.05, 3.63) is 35.6 Å². The third-order valence-corrected chi connectivity index (χ3v) is 3.75. The summed E-state index contributed by atoms with van der Waals surface area (Å²) in [5, 5.41) is 3.55. The predicted octanol–water partition coefficient (Wildman–Crippen LogP) is 3.16. The summed E-state index contributed by atoms with van der Waals surface area (Å²) in [4.78, 5) is 0. The summed E-state index contributed by atoms with van der Waals surface area (Å²) < 4.78 is 19.2. The molecular weight excluding hydrogens is 241 g/mol. The normalized spacial score (nSPS) is 20.6. The van der Waals surface area contributed by atoms with Gasteiger partial charge in [0, 0.05) is 19.3 Å². The maximum Gasteiger partial charge on any atom is 0.126 e. The SMILES string of the molecule is CCCNC(Cc1ccccc1F)CC1CCOC1. The molecule has 19 heavy (non-hydrogen) atoms. The van der Waals surface area contributed by atoms with Crippen LogP contribution in [0.25, 0.3) is 0 Å². The van der Waals surface area contributed by atoms with Crippen molar-refractivity contribution in [3.8, 4) is 0 Å². The van der Waals surface area contributed by atoms with Gasteiger partial charge in [0.15, 0.2) is 0 Å². The molecule has 1 N–H and O–H groups in total. The number of rotatable bonds is 7. The van der Waals surface area contributed by atoms with E-state index in [4.69, 9.17) is 4.74 Å². The number of hydrogen-bond donors (Lipinski definition) is 1. The molecular formula is C16H24FNO. The minimum absolute atomic E-state index is 0.0894. The summed E-state index contributed by atoms with van der Waals surface area (Å²) in [5.41, 5.74) is 0.815. The Morgan fingerprint density at radius 2 is 2.26 bits per heavy atom. The Balaban J connectivity index is 1.94. The van der Waals surface area contributed by atoms with Gasteiger partial charge in [-0.15, -0.1) is 0 Å². The van der Waals surface area contributed by atoms with Crippen molar-refractivity contribution in [2.45, 2.75) is 38.6 Å². The Morgan fingerprint density at radius 1 is 1.42 bits per heavy atom. The molecule has 106 valence electrons. The summed E-state index contributed by atoms with van der Waals surface area (Å²) >= 11 is 0. The predicted molar refractivity (Wildman–Crippen MR) is 75.7 cm³/mol. The molecule has 3 heteroatoms. The molecule has 1 aromatic carbocycles. The molecule has 1 aliphatic rings. The van der Waals surface area contributed by atoms with Crippen LogP contribution in [0.1, 0.15) is 31.7 Å². The molecule has 0 aromatic heterocycles. The molecule has 1 aromatic rings. The van der Waals surface area contributed by atoms with Crippen LogP contribution in [0.4, 0.5) is 4.39 Å². The van der Waals surface area contributed by atoms with Crippen LogP contribution < -0.4 is 5.32 Å². The summed E-state index contributed by atoms with van der Waals surface area (Å²) in [6.45, 7) is 4.89. The first kappa shape index (κ1) is 14.5. The Kier molecular flexibility index (Phi) is 5.80. The second-order valence-electron chi connectivity index (χ2n) is 5.41. The zero-order chi connectivity index (χ0) is 13.5. The molecule has 0 saturated carbocycles. The number of halogens is 1. The van der Waals surface area contributed by atoms with Gasteiger partial charge >= 0.3 is 0 Å². The van der Waals surface area contributed by atoms with Crippen molar-refractivity contribution in [1.29, 1.82) is 0 Å². The summed E-state index contributed by atoms with van der Waals surface area (Å²) in [6.07, 6.45) is 4.09. The van der Waals surface area contributed by atoms with Crippen LogP contribution in [0, 0.1) is 11.7 Å². The van der Waals surface area contributed by atoms with E-state index in [1.54, 1.807) is 12.1 Å². The van der Waals surface area contributed by atoms with Crippen LogP contribution in [-0.2, 0) is 11.2 Å². The highest BCUT2D eigenvalue weighted by atomic mass is 19.1. The fourth-order valence-electron chi connectivity index (χ4n) is 2.69. The van der Waals surface area contributed by atoms with Crippen molar-refractivity contribution in [2.24, 2.45) is 5.92 Å². The van der Waals surface area contributed by atoms with E-state index in [1.165, 1.54) is 0 Å². The molecule has 1 aliphatic heterocycles. The lowest BCUT2D eigenvalue weighted by molar-refractivity contribution is 0.181. The van der Waals surface area contributed by atoms with E-state index in [2.05, 4.69) is 12.2 Å². The minimum Gasteiger partial charge on any atom is -0.381 e. The lowest BCUT2D eigenvalue weighted by Gasteiger charge is -2.21. The minimum atomic E-state index is -0.0894. The van der Waals surface area contributed by atoms with E-state index in [0.29, 0.717) is 12.0 Å². The highest BCUT2D eigenvalue weighted by Crippen LogP contribution is 2.20. The monoisotopic (exact) mass is 265 g/mol. The molecule has 0 spiro atoms. The summed E-state index contributed by atoms with van der Waals surface area (Å²) in [7, 11) is 0. The third-order valence-electron chi connectivity index (χ3n) is 3.75. The Labute approximate surface area is 115 Å². The van der Waals surface area contributed by atoms with Gasteiger partial charge in [-0.3, -0.25) is 0 Å². The maximum absolute atomic E-state index is 13.7. The molecule has 1 heterocycles. The number of nitrogens with one attached hydrogen (secondary N) is 1. The van der Waals surface area contributed by atoms with Gasteiger partial charge in [0.1, 0.15) is 5.82 Å². The van der Waals surface area contributed by atoms with Gasteiger partial charge in [-0.05, 0) is 49.8 Å². The molecule has 2 atom stereocenters. The summed E-state index contributed by atoms with van der Waals surface area (Å²) in [5.74, 6) is 0.537. The van der Waals surface area contributed by atoms with Crippen molar-refractivity contribution < 1.29 is 9.13 Å². The van der Waals surface area contributed by atoms with Gasteiger partial charge in [-0.2, -0.15) is 0 Å². The number of benzene rings is 1. The molecule has 0 amide bonds. The van der Waals surface area contributed by atoms with Crippen LogP contribution in [-0.4, -0.2) is 25.8 Å². The van der Waals surface area contributed by atoms with E-state index < -0.39 is 0 Å². The first-order chi connectivity index (χ1) is 9.29. The topological polar surface area (TPSA) is 21.3 Å². The maximum atomic E-state index is 13.7. The van der Waals surface area contributed by atoms with Crippen molar-refractivity contribution in [2.75, 3.05) is 19.8 Å². The fraction of sp³-hybridized carbons (Fsp3) is 0.625. The third kappa shape index (κ3) is 4.59. The highest BCUT2D eigenvalue weighted by Gasteiger charge is 2.21. The number of hydrogen-bond acceptors (Lipinski definition) is 2. The Hall–Kier alpha value is -0.930. The van der Waals surface area contributed by atoms with E-state index in [1.807, 2.05) is 12.1 Å². The average Bonchev–Trinajstić information content (AvgIpc) is 2.91. The summed E-state index contributed by atoms with van der Waals surface area (Å²) in [6, 6.07) is 7.45. The van der Waals surface area contributed by atoms with Gasteiger partial charge in [0.05, 0.1) is 0 Å². The van der Waals surface area contributed by atoms with E-state index in [-0.39, 0.29) is 5.82 Å². The Morgan fingerprint density at radius 3 is 2.95 bits per heavy atom. The molecule has 2 rings (SSSR count). The lowest BCUT2D eigenvalue weighted by atomic mass is 9.94. The lowest BCUT2D eigenvalue weighted by Crippen LogP contribution is -2.34. The van der Waals surface area contributed by atoms with Gasteiger partial charge in [-0.1, -0.05) is 25.1 Å². The molecule has 2 nitrogen and oxygen atoms in total. The molecule has 1 fully saturated rings. The highest BCUT2D eigenvalue weighted by molar-refractivity contribution is 5.18. The van der Waals surface area contributed by atoms with Crippen LogP contribution in [0.2, 0.25) is 0 Å². The molecule has 2 unspecified atom stereocenters. The second kappa shape index (κ2) is 7.61. The smallest absolute Gasteiger partial charge is 0.126 e. The van der Waals surface area contributed by atoms with Gasteiger partial charge in [0.25, 0.3) is 0 Å². The van der Waals surface area contributed by atoms with Gasteiger partial charge < -0.3 is 10.1 Å². The van der Waals surface area contributed by atoms with Crippen LogP contribution in [0.5, 0.6) is 0 Å². The van der Waals surface area contributed by atoms with E-state index in [9.17, 15) is 4.39 Å². The van der Waals surface area contributed by atoms with Gasteiger partial charge in [-0.25, -0.2) is 4.39 Å². The largest absolute Gasteiger partial charge is 0.381 e. The number of ether oxygens (including phenoxy) is 1. The zero-order valence-electron chi connectivity index (χ0n) is 11.7. The van der Waals surface area contributed by atoms with E-state index >= 15 is 0 Å². The Bertz CT molecular complexity index is 377. The quantitative estimate of drug-likeness (QED) is 0.817. The fourth-order valence-corrected chi connectivity index (χ4v) is 2.69. The van der Waals surface area contributed by atoms with E-state index in [0.717, 1.165) is 51.0 Å². The average molecular weight is 265 g/mol. The first-order valence-corrected chi connectivity index (χ1v) is 7.34. The molecule has 1 saturated heterocycles. The van der Waals surface area contributed by atoms with Crippen LogP contribution in [0.15, 0.2) is 24.3 Å². The van der Waals surface area contributed by atoms with Crippen molar-refractivity contribution >= 4 is 0 Å². The molecule has 0 bridgehead atoms. The van der Waals surface area contributed by atoms with Crippen molar-refractivity contribution in [3.63, 3.8) is 0 Å². The zero-order valence-corrected chi connectivity index (χ0v) is 11.7. The first-order valence-electron chi connectivity index (χ1n) is 7.34. The van der Waals surface area contributed by atoms with Crippen molar-refractivity contribution in [1.82, 2.24) is 5.32 Å². The molecule has 0 radical (unpaired) electrons. The van der Waals surface area contributed by atoms with Crippen LogP contribution >= 0.6 is 0 Å². The molecule has 0 aliphatic carbocycles. The second-order valence-corrected chi connectivity index (χ2v) is 5.41.